The van der Waals surface area contributed by atoms with Crippen LogP contribution in [0.3, 0.4) is 0 Å². The van der Waals surface area contributed by atoms with Crippen LogP contribution >= 0.6 is 0 Å². The van der Waals surface area contributed by atoms with E-state index in [0.717, 1.165) is 11.3 Å². The standard InChI is InChI=1S/C29H40N4O4/c1-19(2)17-24(31-26(35)21-13-15-22(16-14-21)33(6)7)27(36)30-23(18-20-11-9-8-10-12-20)25(34)28(37)32-29(3,4)5/h8-16,19,23-24H,17-18H2,1-7H3,(H,30,36)(H,31,35)(H,32,37)/t23?,24-/m0/s1. The number of hydrogen-bond donors (Lipinski definition) is 3. The SMILES string of the molecule is CC(C)C[C@H](NC(=O)c1ccc(N(C)C)cc1)C(=O)NC(Cc1ccccc1)C(=O)C(=O)NC(C)(C)C. The predicted molar refractivity (Wildman–Crippen MR) is 146 cm³/mol. The first-order chi connectivity index (χ1) is 17.3. The van der Waals surface area contributed by atoms with Gasteiger partial charge in [0, 0.05) is 37.3 Å². The molecule has 0 spiro atoms. The molecule has 0 heterocycles. The maximum Gasteiger partial charge on any atom is 0.290 e. The molecule has 0 fully saturated rings. The fourth-order valence-corrected chi connectivity index (χ4v) is 3.75. The third-order valence-electron chi connectivity index (χ3n) is 5.60. The molecule has 0 aromatic heterocycles. The summed E-state index contributed by atoms with van der Waals surface area (Å²) in [6.45, 7) is 9.23. The molecule has 2 rings (SSSR count). The molecule has 0 aliphatic rings. The number of Topliss-reactive ketones (excluding diaryl/α,β-unsaturated/α-hetero) is 1. The van der Waals surface area contributed by atoms with E-state index in [0.29, 0.717) is 12.0 Å². The molecule has 0 radical (unpaired) electrons. The third-order valence-corrected chi connectivity index (χ3v) is 5.60. The predicted octanol–water partition coefficient (Wildman–Crippen LogP) is 3.11. The topological polar surface area (TPSA) is 108 Å². The van der Waals surface area contributed by atoms with Gasteiger partial charge in [0.1, 0.15) is 12.1 Å². The molecule has 8 heteroatoms. The summed E-state index contributed by atoms with van der Waals surface area (Å²) in [5.74, 6) is -2.30. The number of anilines is 1. The van der Waals surface area contributed by atoms with Gasteiger partial charge in [-0.1, -0.05) is 44.2 Å². The highest BCUT2D eigenvalue weighted by Gasteiger charge is 2.32. The molecule has 8 nitrogen and oxygen atoms in total. The van der Waals surface area contributed by atoms with Crippen molar-refractivity contribution in [1.29, 1.82) is 0 Å². The average Bonchev–Trinajstić information content (AvgIpc) is 2.82. The van der Waals surface area contributed by atoms with E-state index in [1.165, 1.54) is 0 Å². The highest BCUT2D eigenvalue weighted by atomic mass is 16.2. The molecule has 0 saturated carbocycles. The van der Waals surface area contributed by atoms with Crippen LogP contribution in [0.25, 0.3) is 0 Å². The van der Waals surface area contributed by atoms with Gasteiger partial charge in [0.25, 0.3) is 11.8 Å². The zero-order valence-corrected chi connectivity index (χ0v) is 22.9. The van der Waals surface area contributed by atoms with Gasteiger partial charge in [-0.05, 0) is 62.9 Å². The number of amides is 3. The summed E-state index contributed by atoms with van der Waals surface area (Å²) in [5, 5.41) is 8.23. The molecule has 0 aliphatic heterocycles. The first kappa shape index (κ1) is 29.5. The van der Waals surface area contributed by atoms with Gasteiger partial charge in [-0.25, -0.2) is 0 Å². The van der Waals surface area contributed by atoms with Crippen LogP contribution in [0.1, 0.15) is 57.0 Å². The first-order valence-electron chi connectivity index (χ1n) is 12.6. The van der Waals surface area contributed by atoms with Crippen molar-refractivity contribution in [2.75, 3.05) is 19.0 Å². The Hall–Kier alpha value is -3.68. The van der Waals surface area contributed by atoms with Crippen molar-refractivity contribution >= 4 is 29.2 Å². The summed E-state index contributed by atoms with van der Waals surface area (Å²) >= 11 is 0. The van der Waals surface area contributed by atoms with Crippen LogP contribution in [0, 0.1) is 5.92 Å². The molecule has 0 aliphatic carbocycles. The van der Waals surface area contributed by atoms with Crippen LogP contribution in [0.4, 0.5) is 5.69 Å². The Morgan fingerprint density at radius 2 is 1.43 bits per heavy atom. The Kier molecular flexibility index (Phi) is 10.4. The quantitative estimate of drug-likeness (QED) is 0.404. The number of nitrogens with one attached hydrogen (secondary N) is 3. The maximum atomic E-state index is 13.4. The minimum atomic E-state index is -1.08. The second kappa shape index (κ2) is 13.0. The normalized spacial score (nSPS) is 12.9. The van der Waals surface area contributed by atoms with Gasteiger partial charge in [0.05, 0.1) is 0 Å². The summed E-state index contributed by atoms with van der Waals surface area (Å²) in [4.78, 5) is 54.1. The third kappa shape index (κ3) is 9.71. The number of carbonyl (C=O) groups excluding carboxylic acids is 4. The van der Waals surface area contributed by atoms with Crippen molar-refractivity contribution < 1.29 is 19.2 Å². The van der Waals surface area contributed by atoms with Crippen LogP contribution in [-0.2, 0) is 20.8 Å². The van der Waals surface area contributed by atoms with Crippen molar-refractivity contribution in [3.63, 3.8) is 0 Å². The van der Waals surface area contributed by atoms with Crippen LogP contribution in [0.2, 0.25) is 0 Å². The largest absolute Gasteiger partial charge is 0.378 e. The number of hydrogen-bond acceptors (Lipinski definition) is 5. The molecular weight excluding hydrogens is 468 g/mol. The number of rotatable bonds is 11. The molecule has 2 atom stereocenters. The molecule has 37 heavy (non-hydrogen) atoms. The summed E-state index contributed by atoms with van der Waals surface area (Å²) in [6, 6.07) is 14.3. The summed E-state index contributed by atoms with van der Waals surface area (Å²) < 4.78 is 0. The lowest BCUT2D eigenvalue weighted by Gasteiger charge is -2.25. The van der Waals surface area contributed by atoms with Crippen LogP contribution in [0.5, 0.6) is 0 Å². The summed E-state index contributed by atoms with van der Waals surface area (Å²) in [6.07, 6.45) is 0.519. The molecule has 3 N–H and O–H groups in total. The van der Waals surface area contributed by atoms with Crippen molar-refractivity contribution in [3.05, 3.63) is 65.7 Å². The molecular formula is C29H40N4O4. The van der Waals surface area contributed by atoms with Gasteiger partial charge < -0.3 is 20.9 Å². The van der Waals surface area contributed by atoms with E-state index in [1.807, 2.05) is 75.3 Å². The fraction of sp³-hybridized carbons (Fsp3) is 0.448. The van der Waals surface area contributed by atoms with Crippen molar-refractivity contribution in [3.8, 4) is 0 Å². The molecule has 0 saturated heterocycles. The highest BCUT2D eigenvalue weighted by Crippen LogP contribution is 2.14. The fourth-order valence-electron chi connectivity index (χ4n) is 3.75. The molecule has 1 unspecified atom stereocenters. The lowest BCUT2D eigenvalue weighted by Crippen LogP contribution is -2.56. The maximum absolute atomic E-state index is 13.4. The second-order valence-electron chi connectivity index (χ2n) is 10.9. The van der Waals surface area contributed by atoms with Crippen LogP contribution in [0.15, 0.2) is 54.6 Å². The molecule has 2 aromatic carbocycles. The Morgan fingerprint density at radius 3 is 1.95 bits per heavy atom. The van der Waals surface area contributed by atoms with E-state index in [1.54, 1.807) is 32.9 Å². The van der Waals surface area contributed by atoms with E-state index in [-0.39, 0.29) is 18.2 Å². The number of ketones is 1. The lowest BCUT2D eigenvalue weighted by atomic mass is 9.98. The van der Waals surface area contributed by atoms with Crippen molar-refractivity contribution in [1.82, 2.24) is 16.0 Å². The van der Waals surface area contributed by atoms with Gasteiger partial charge >= 0.3 is 0 Å². The van der Waals surface area contributed by atoms with Crippen LogP contribution < -0.4 is 20.9 Å². The van der Waals surface area contributed by atoms with E-state index in [4.69, 9.17) is 0 Å². The van der Waals surface area contributed by atoms with Crippen LogP contribution in [-0.4, -0.2) is 55.2 Å². The summed E-state index contributed by atoms with van der Waals surface area (Å²) in [7, 11) is 3.82. The number of benzene rings is 2. The van der Waals surface area contributed by atoms with Gasteiger partial charge in [-0.15, -0.1) is 0 Å². The minimum absolute atomic E-state index is 0.0969. The Balaban J connectivity index is 2.24. The van der Waals surface area contributed by atoms with Crippen molar-refractivity contribution in [2.45, 2.75) is 65.1 Å². The van der Waals surface area contributed by atoms with E-state index in [2.05, 4.69) is 16.0 Å². The zero-order valence-electron chi connectivity index (χ0n) is 22.9. The van der Waals surface area contributed by atoms with E-state index in [9.17, 15) is 19.2 Å². The van der Waals surface area contributed by atoms with E-state index >= 15 is 0 Å². The lowest BCUT2D eigenvalue weighted by molar-refractivity contribution is -0.141. The van der Waals surface area contributed by atoms with Gasteiger partial charge in [0.2, 0.25) is 11.7 Å². The minimum Gasteiger partial charge on any atom is -0.378 e. The number of nitrogens with zero attached hydrogens (tertiary/aromatic N) is 1. The Bertz CT molecular complexity index is 1070. The highest BCUT2D eigenvalue weighted by molar-refractivity contribution is 6.38. The van der Waals surface area contributed by atoms with E-state index < -0.39 is 35.2 Å². The number of carbonyl (C=O) groups is 4. The van der Waals surface area contributed by atoms with Gasteiger partial charge in [-0.3, -0.25) is 19.2 Å². The Labute approximate surface area is 220 Å². The second-order valence-corrected chi connectivity index (χ2v) is 10.9. The molecule has 3 amide bonds. The smallest absolute Gasteiger partial charge is 0.290 e. The zero-order chi connectivity index (χ0) is 27.8. The first-order valence-corrected chi connectivity index (χ1v) is 12.6. The van der Waals surface area contributed by atoms with Gasteiger partial charge in [-0.2, -0.15) is 0 Å². The van der Waals surface area contributed by atoms with Gasteiger partial charge in [0.15, 0.2) is 0 Å². The average molecular weight is 509 g/mol. The molecule has 0 bridgehead atoms. The Morgan fingerprint density at radius 1 is 0.838 bits per heavy atom. The van der Waals surface area contributed by atoms with Crippen molar-refractivity contribution in [2.24, 2.45) is 5.92 Å². The summed E-state index contributed by atoms with van der Waals surface area (Å²) in [5.41, 5.74) is 1.57. The molecule has 2 aromatic rings. The molecule has 200 valence electrons. The monoisotopic (exact) mass is 508 g/mol.